The van der Waals surface area contributed by atoms with Crippen molar-refractivity contribution in [2.75, 3.05) is 0 Å². The first-order valence-corrected chi connectivity index (χ1v) is 4.95. The van der Waals surface area contributed by atoms with Crippen LogP contribution in [0, 0.1) is 0 Å². The van der Waals surface area contributed by atoms with Gasteiger partial charge in [0.2, 0.25) is 0 Å². The molecule has 0 saturated carbocycles. The van der Waals surface area contributed by atoms with Gasteiger partial charge in [0, 0.05) is 1.37 Å². The van der Waals surface area contributed by atoms with Gasteiger partial charge in [-0.05, 0) is 26.0 Å². The van der Waals surface area contributed by atoms with E-state index in [2.05, 4.69) is 17.2 Å². The van der Waals surface area contributed by atoms with Crippen LogP contribution in [0.25, 0.3) is 0 Å². The van der Waals surface area contributed by atoms with E-state index in [1.807, 2.05) is 5.16 Å². The van der Waals surface area contributed by atoms with Crippen LogP contribution in [0.1, 0.15) is 15.2 Å². The summed E-state index contributed by atoms with van der Waals surface area (Å²) in [5.41, 5.74) is -2.15. The number of hydrogen-bond donors (Lipinski definition) is 3. The third-order valence-electron chi connectivity index (χ3n) is 2.53. The van der Waals surface area contributed by atoms with Crippen LogP contribution in [0.4, 0.5) is 0 Å². The van der Waals surface area contributed by atoms with E-state index in [0.717, 1.165) is 0 Å². The number of carbonyl (C=O) groups excluding carboxylic acids is 1. The van der Waals surface area contributed by atoms with Crippen LogP contribution in [0.2, 0.25) is 0 Å². The summed E-state index contributed by atoms with van der Waals surface area (Å²) in [6, 6.07) is 0. The highest BCUT2D eigenvalue weighted by molar-refractivity contribution is 7.78. The zero-order valence-corrected chi connectivity index (χ0v) is 9.35. The van der Waals surface area contributed by atoms with E-state index in [0.29, 0.717) is 0 Å². The molecule has 0 aromatic carbocycles. The van der Waals surface area contributed by atoms with E-state index in [-0.39, 0.29) is 0 Å². The van der Waals surface area contributed by atoms with E-state index >= 15 is 0 Å². The number of aliphatic hydroxyl groups excluding tert-OH is 3. The summed E-state index contributed by atoms with van der Waals surface area (Å²) >= 11 is 4.37. The van der Waals surface area contributed by atoms with Crippen molar-refractivity contribution in [3.8, 4) is 0 Å². The predicted octanol–water partition coefficient (Wildman–Crippen LogP) is -1.12. The fraction of sp³-hybridized carbons (Fsp3) is 0.778. The first-order valence-electron chi connectivity index (χ1n) is 5.25. The molecule has 0 aliphatic carbocycles. The molecule has 0 aromatic heterocycles. The lowest BCUT2D eigenvalue weighted by molar-refractivity contribution is -0.252. The fourth-order valence-electron chi connectivity index (χ4n) is 1.57. The summed E-state index contributed by atoms with van der Waals surface area (Å²) in [7, 11) is 0. The van der Waals surface area contributed by atoms with E-state index < -0.39 is 42.8 Å². The Labute approximate surface area is 99.0 Å². The van der Waals surface area contributed by atoms with Crippen molar-refractivity contribution in [3.05, 3.63) is 0 Å². The van der Waals surface area contributed by atoms with Crippen LogP contribution in [-0.4, -0.2) is 56.4 Å². The molecule has 7 heteroatoms. The third-order valence-corrected chi connectivity index (χ3v) is 2.62. The van der Waals surface area contributed by atoms with E-state index in [1.165, 1.54) is 6.92 Å². The second kappa shape index (κ2) is 4.67. The van der Waals surface area contributed by atoms with Gasteiger partial charge in [-0.1, -0.05) is 0 Å². The molecule has 1 aliphatic rings. The molecule has 1 fully saturated rings. The van der Waals surface area contributed by atoms with Crippen molar-refractivity contribution in [2.45, 2.75) is 44.0 Å². The lowest BCUT2D eigenvalue weighted by Gasteiger charge is -2.43. The molecule has 90 valence electrons. The number of ketones is 1. The molecule has 0 radical (unpaired) electrons. The van der Waals surface area contributed by atoms with Crippen molar-refractivity contribution in [1.82, 2.24) is 0 Å². The van der Waals surface area contributed by atoms with Crippen LogP contribution < -0.4 is 0 Å². The summed E-state index contributed by atoms with van der Waals surface area (Å²) in [6.45, 7) is 0.706. The number of thiocarbonyl (C=S) groups is 1. The largest absolute Gasteiger partial charge is 0.388 e. The zero-order chi connectivity index (χ0) is 13.2. The predicted molar refractivity (Wildman–Crippen MR) is 57.0 cm³/mol. The topological polar surface area (TPSA) is 99.4 Å². The smallest absolute Gasteiger partial charge is 0.256 e. The average Bonchev–Trinajstić information content (AvgIpc) is 2.32. The second-order valence-electron chi connectivity index (χ2n) is 3.57. The third kappa shape index (κ3) is 1.93. The summed E-state index contributed by atoms with van der Waals surface area (Å²) in [4.78, 5) is 15.1. The Morgan fingerprint density at radius 3 is 2.69 bits per heavy atom. The molecule has 0 aromatic rings. The number of hydrogen-bond acceptors (Lipinski definition) is 7. The van der Waals surface area contributed by atoms with Gasteiger partial charge in [-0.25, -0.2) is 0 Å². The van der Waals surface area contributed by atoms with Crippen molar-refractivity contribution in [3.63, 3.8) is 0 Å². The standard InChI is InChI=1S/C9H13NO5S/c1-4-6(12)7(13)8(14)9(15-4,5(2)11)10-3-16/h4,6-8,12-14H,1-2H3/t4-,6-,7+,8+,9?/m0/s1/i2D. The van der Waals surface area contributed by atoms with Gasteiger partial charge >= 0.3 is 0 Å². The van der Waals surface area contributed by atoms with Crippen LogP contribution in [0.15, 0.2) is 4.99 Å². The van der Waals surface area contributed by atoms with Gasteiger partial charge in [0.1, 0.15) is 18.3 Å². The fourth-order valence-corrected chi connectivity index (χ4v) is 1.71. The molecule has 5 atom stereocenters. The Morgan fingerprint density at radius 1 is 1.56 bits per heavy atom. The number of nitrogens with zero attached hydrogens (tertiary/aromatic N) is 1. The zero-order valence-electron chi connectivity index (χ0n) is 9.53. The maximum Gasteiger partial charge on any atom is 0.256 e. The lowest BCUT2D eigenvalue weighted by Crippen LogP contribution is -2.65. The van der Waals surface area contributed by atoms with Crippen LogP contribution in [0.5, 0.6) is 0 Å². The first kappa shape index (κ1) is 11.8. The quantitative estimate of drug-likeness (QED) is 0.423. The summed E-state index contributed by atoms with van der Waals surface area (Å²) in [5, 5.41) is 30.8. The SMILES string of the molecule is [2H]CC(=O)C1(N=C=S)O[C@@H](C)[C@H](O)[C@@H](O)[C@H]1O. The minimum atomic E-state index is -2.15. The number of carbonyl (C=O) groups is 1. The number of aliphatic imine (C=N–C) groups is 1. The van der Waals surface area contributed by atoms with Gasteiger partial charge in [0.25, 0.3) is 5.72 Å². The Morgan fingerprint density at radius 2 is 2.19 bits per heavy atom. The van der Waals surface area contributed by atoms with E-state index in [9.17, 15) is 20.1 Å². The first-order chi connectivity index (χ1) is 7.90. The molecular weight excluding hydrogens is 234 g/mol. The molecule has 3 N–H and O–H groups in total. The molecule has 1 heterocycles. The lowest BCUT2D eigenvalue weighted by atomic mass is 9.89. The Bertz CT molecular complexity index is 361. The molecule has 6 nitrogen and oxygen atoms in total. The molecule has 1 aliphatic heterocycles. The molecule has 16 heavy (non-hydrogen) atoms. The minimum absolute atomic E-state index is 0.701. The molecule has 0 spiro atoms. The molecule has 0 amide bonds. The Balaban J connectivity index is 3.21. The minimum Gasteiger partial charge on any atom is -0.388 e. The Kier molecular flexibility index (Phi) is 3.44. The highest BCUT2D eigenvalue weighted by Gasteiger charge is 2.55. The average molecular weight is 248 g/mol. The van der Waals surface area contributed by atoms with Gasteiger partial charge in [-0.15, -0.1) is 0 Å². The number of aliphatic hydroxyl groups is 3. The monoisotopic (exact) mass is 248 g/mol. The van der Waals surface area contributed by atoms with Gasteiger partial charge < -0.3 is 20.1 Å². The second-order valence-corrected chi connectivity index (χ2v) is 3.75. The molecule has 1 rings (SSSR count). The summed E-state index contributed by atoms with van der Waals surface area (Å²) in [5.74, 6) is -0.861. The maximum absolute atomic E-state index is 11.6. The highest BCUT2D eigenvalue weighted by Crippen LogP contribution is 2.31. The van der Waals surface area contributed by atoms with E-state index in [1.54, 1.807) is 0 Å². The molecule has 0 bridgehead atoms. The number of ether oxygens (including phenoxy) is 1. The maximum atomic E-state index is 11.6. The van der Waals surface area contributed by atoms with E-state index in [4.69, 9.17) is 6.11 Å². The Hall–Kier alpha value is -0.690. The molecule has 1 saturated heterocycles. The van der Waals surface area contributed by atoms with Crippen LogP contribution >= 0.6 is 12.2 Å². The molecular formula is C9H13NO5S. The van der Waals surface area contributed by atoms with Crippen molar-refractivity contribution >= 4 is 23.2 Å². The highest BCUT2D eigenvalue weighted by atomic mass is 32.1. The van der Waals surface area contributed by atoms with Crippen LogP contribution in [0.3, 0.4) is 0 Å². The van der Waals surface area contributed by atoms with Crippen molar-refractivity contribution in [1.29, 1.82) is 0 Å². The number of Topliss-reactive ketones (excluding diaryl/α,β-unsaturated/α-hetero) is 1. The van der Waals surface area contributed by atoms with Gasteiger partial charge in [-0.3, -0.25) is 4.79 Å². The van der Waals surface area contributed by atoms with Gasteiger partial charge in [0.05, 0.1) is 11.3 Å². The van der Waals surface area contributed by atoms with Crippen molar-refractivity contribution < 1.29 is 26.2 Å². The number of rotatable bonds is 2. The summed E-state index contributed by atoms with van der Waals surface area (Å²) < 4.78 is 12.2. The number of isothiocyanates is 1. The van der Waals surface area contributed by atoms with Gasteiger partial charge in [-0.2, -0.15) is 4.99 Å². The molecule has 1 unspecified atom stereocenters. The van der Waals surface area contributed by atoms with Crippen molar-refractivity contribution in [2.24, 2.45) is 4.99 Å². The summed E-state index contributed by atoms with van der Waals surface area (Å²) in [6.07, 6.45) is -5.68. The normalized spacial score (nSPS) is 44.4. The van der Waals surface area contributed by atoms with Crippen LogP contribution in [-0.2, 0) is 9.53 Å². The van der Waals surface area contributed by atoms with Gasteiger partial charge in [0.15, 0.2) is 5.78 Å².